The van der Waals surface area contributed by atoms with E-state index < -0.39 is 0 Å². The number of carbonyl (C=O) groups excluding carboxylic acids is 1. The van der Waals surface area contributed by atoms with Gasteiger partial charge in [0.05, 0.1) is 24.8 Å². The molecule has 150 valence electrons. The molecule has 0 saturated heterocycles. The Bertz CT molecular complexity index is 1040. The van der Waals surface area contributed by atoms with Crippen molar-refractivity contribution >= 4 is 57.4 Å². The third kappa shape index (κ3) is 4.54. The van der Waals surface area contributed by atoms with Crippen LogP contribution in [0.3, 0.4) is 0 Å². The number of hydrogen-bond donors (Lipinski definition) is 1. The molecule has 0 aliphatic carbocycles. The molecule has 0 fully saturated rings. The Hall–Kier alpha value is -1.77. The number of carbonyl (C=O) groups is 1. The average Bonchev–Trinajstić information content (AvgIpc) is 3.22. The van der Waals surface area contributed by atoms with Crippen LogP contribution in [0.1, 0.15) is 24.6 Å². The maximum atomic E-state index is 12.1. The molecule has 1 aliphatic rings. The van der Waals surface area contributed by atoms with E-state index in [2.05, 4.69) is 42.4 Å². The smallest absolute Gasteiger partial charge is 0.224 e. The van der Waals surface area contributed by atoms with Gasteiger partial charge < -0.3 is 10.2 Å². The van der Waals surface area contributed by atoms with Crippen LogP contribution in [0.5, 0.6) is 0 Å². The maximum absolute atomic E-state index is 12.1. The second-order valence-electron chi connectivity index (χ2n) is 6.65. The van der Waals surface area contributed by atoms with Crippen LogP contribution >= 0.6 is 40.0 Å². The first-order valence-electron chi connectivity index (χ1n) is 9.19. The normalized spacial score (nSPS) is 13.7. The molecule has 4 rings (SSSR count). The summed E-state index contributed by atoms with van der Waals surface area (Å²) in [5.74, 6) is 0.786. The van der Waals surface area contributed by atoms with E-state index in [4.69, 9.17) is 11.6 Å². The lowest BCUT2D eigenvalue weighted by atomic mass is 10.1. The second kappa shape index (κ2) is 8.93. The van der Waals surface area contributed by atoms with Gasteiger partial charge in [0, 0.05) is 42.4 Å². The Morgan fingerprint density at radius 3 is 2.76 bits per heavy atom. The van der Waals surface area contributed by atoms with Crippen molar-refractivity contribution in [3.8, 4) is 11.1 Å². The summed E-state index contributed by atoms with van der Waals surface area (Å²) in [4.78, 5) is 22.7. The molecular weight excluding hydrogens is 522 g/mol. The monoisotopic (exact) mass is 540 g/mol. The van der Waals surface area contributed by atoms with Gasteiger partial charge in [-0.1, -0.05) is 19.1 Å². The van der Waals surface area contributed by atoms with Crippen molar-refractivity contribution in [2.24, 2.45) is 0 Å². The predicted molar refractivity (Wildman–Crippen MR) is 125 cm³/mol. The summed E-state index contributed by atoms with van der Waals surface area (Å²) >= 11 is 8.45. The molecular formula is C19H19ClIN6OP. The maximum Gasteiger partial charge on any atom is 0.224 e. The Kier molecular flexibility index (Phi) is 6.32. The van der Waals surface area contributed by atoms with Crippen LogP contribution in [0.15, 0.2) is 36.7 Å². The van der Waals surface area contributed by atoms with E-state index in [1.807, 2.05) is 52.9 Å². The quantitative estimate of drug-likeness (QED) is 0.285. The van der Waals surface area contributed by atoms with Gasteiger partial charge in [-0.15, -0.1) is 0 Å². The van der Waals surface area contributed by atoms with Gasteiger partial charge in [-0.2, -0.15) is 5.10 Å². The van der Waals surface area contributed by atoms with Gasteiger partial charge in [-0.25, -0.2) is 14.4 Å². The molecule has 1 atom stereocenters. The highest BCUT2D eigenvalue weighted by atomic mass is 127. The highest BCUT2D eigenvalue weighted by molar-refractivity contribution is 14.2. The van der Waals surface area contributed by atoms with Crippen molar-refractivity contribution in [2.45, 2.75) is 26.3 Å². The van der Waals surface area contributed by atoms with Crippen molar-refractivity contribution in [3.05, 3.63) is 53.2 Å². The molecule has 0 spiro atoms. The minimum atomic E-state index is 0.133. The Morgan fingerprint density at radius 1 is 1.28 bits per heavy atom. The molecule has 1 aromatic carbocycles. The Balaban J connectivity index is 1.58. The summed E-state index contributed by atoms with van der Waals surface area (Å²) < 4.78 is 1.92. The molecule has 7 nitrogen and oxygen atoms in total. The van der Waals surface area contributed by atoms with Gasteiger partial charge in [0.25, 0.3) is 0 Å². The largest absolute Gasteiger partial charge is 0.340 e. The molecule has 1 unspecified atom stereocenters. The number of halogens is 2. The van der Waals surface area contributed by atoms with Gasteiger partial charge in [0.2, 0.25) is 11.2 Å². The first-order valence-corrected chi connectivity index (χ1v) is 13.6. The van der Waals surface area contributed by atoms with Gasteiger partial charge in [0.15, 0.2) is 0 Å². The fourth-order valence-corrected chi connectivity index (χ4v) is 4.59. The number of anilines is 2. The van der Waals surface area contributed by atoms with E-state index in [0.29, 0.717) is 38.1 Å². The first kappa shape index (κ1) is 20.5. The molecule has 3 aromatic rings. The third-order valence-electron chi connectivity index (χ3n) is 4.84. The second-order valence-corrected chi connectivity index (χ2v) is 9.06. The SMILES string of the molecule is CCC(=O)N1CCc2nc(Cl)nc(Nc3ccc(-c4cnn(PI)c4)cc3)c2C1. The van der Waals surface area contributed by atoms with Crippen molar-refractivity contribution < 1.29 is 4.79 Å². The van der Waals surface area contributed by atoms with Crippen LogP contribution < -0.4 is 5.32 Å². The zero-order chi connectivity index (χ0) is 20.4. The average molecular weight is 541 g/mol. The first-order chi connectivity index (χ1) is 14.1. The molecule has 1 aliphatic heterocycles. The fraction of sp³-hybridized carbons (Fsp3) is 0.263. The van der Waals surface area contributed by atoms with Crippen LogP contribution in [0, 0.1) is 0 Å². The summed E-state index contributed by atoms with van der Waals surface area (Å²) in [6, 6.07) is 8.09. The molecule has 0 bridgehead atoms. The summed E-state index contributed by atoms with van der Waals surface area (Å²) in [6.07, 6.45) is 5.65. The lowest BCUT2D eigenvalue weighted by Crippen LogP contribution is -2.36. The number of hydrogen-bond acceptors (Lipinski definition) is 5. The van der Waals surface area contributed by atoms with E-state index in [1.165, 1.54) is 0 Å². The number of nitrogens with zero attached hydrogens (tertiary/aromatic N) is 5. The van der Waals surface area contributed by atoms with E-state index in [0.717, 1.165) is 28.1 Å². The van der Waals surface area contributed by atoms with E-state index in [-0.39, 0.29) is 11.2 Å². The van der Waals surface area contributed by atoms with Gasteiger partial charge >= 0.3 is 0 Å². The molecule has 1 amide bonds. The summed E-state index contributed by atoms with van der Waals surface area (Å²) in [7, 11) is 0. The lowest BCUT2D eigenvalue weighted by molar-refractivity contribution is -0.131. The molecule has 0 saturated carbocycles. The van der Waals surface area contributed by atoms with Crippen LogP contribution in [-0.2, 0) is 17.8 Å². The number of nitrogens with one attached hydrogen (secondary N) is 1. The van der Waals surface area contributed by atoms with Crippen LogP contribution in [0.25, 0.3) is 11.1 Å². The number of aromatic nitrogens is 4. The topological polar surface area (TPSA) is 75.9 Å². The summed E-state index contributed by atoms with van der Waals surface area (Å²) in [6.45, 7) is 3.03. The molecule has 3 heterocycles. The van der Waals surface area contributed by atoms with Gasteiger partial charge in [0.1, 0.15) is 5.82 Å². The van der Waals surface area contributed by atoms with Crippen molar-refractivity contribution in [2.75, 3.05) is 11.9 Å². The zero-order valence-corrected chi connectivity index (χ0v) is 19.6. The molecule has 2 aromatic heterocycles. The zero-order valence-electron chi connectivity index (χ0n) is 15.7. The number of fused-ring (bicyclic) bond motifs is 1. The van der Waals surface area contributed by atoms with Crippen LogP contribution in [0.2, 0.25) is 5.28 Å². The number of rotatable bonds is 5. The number of amides is 1. The van der Waals surface area contributed by atoms with E-state index >= 15 is 0 Å². The minimum absolute atomic E-state index is 0.133. The molecule has 1 N–H and O–H groups in total. The van der Waals surface area contributed by atoms with Gasteiger partial charge in [-0.05, 0) is 51.3 Å². The van der Waals surface area contributed by atoms with E-state index in [9.17, 15) is 4.79 Å². The Labute approximate surface area is 188 Å². The van der Waals surface area contributed by atoms with Gasteiger partial charge in [-0.3, -0.25) is 4.79 Å². The summed E-state index contributed by atoms with van der Waals surface area (Å²) in [5.41, 5.74) is 4.90. The Morgan fingerprint density at radius 2 is 2.07 bits per heavy atom. The molecule has 29 heavy (non-hydrogen) atoms. The highest BCUT2D eigenvalue weighted by Crippen LogP contribution is 2.30. The van der Waals surface area contributed by atoms with Crippen LogP contribution in [0.4, 0.5) is 11.5 Å². The third-order valence-corrected chi connectivity index (χ3v) is 6.91. The fourth-order valence-electron chi connectivity index (χ4n) is 3.32. The van der Waals surface area contributed by atoms with Crippen molar-refractivity contribution in [1.29, 1.82) is 0 Å². The molecule has 0 radical (unpaired) electrons. The van der Waals surface area contributed by atoms with Crippen molar-refractivity contribution in [1.82, 2.24) is 24.4 Å². The minimum Gasteiger partial charge on any atom is -0.340 e. The highest BCUT2D eigenvalue weighted by Gasteiger charge is 2.24. The standard InChI is InChI=1S/C19H19ClIN6OP/c1-2-17(28)26-8-7-16-15(11-26)18(25-19(20)24-16)23-14-5-3-12(4-6-14)13-9-22-27(10-13)29-21/h3-6,9-10,29H,2,7-8,11H2,1H3,(H,23,24,25). The lowest BCUT2D eigenvalue weighted by Gasteiger charge is -2.29. The summed E-state index contributed by atoms with van der Waals surface area (Å²) in [5, 5.41) is 7.89. The molecule has 10 heteroatoms. The predicted octanol–water partition coefficient (Wildman–Crippen LogP) is 4.82. The van der Waals surface area contributed by atoms with E-state index in [1.54, 1.807) is 0 Å². The number of benzene rings is 1. The van der Waals surface area contributed by atoms with Crippen LogP contribution in [-0.4, -0.2) is 36.9 Å². The van der Waals surface area contributed by atoms with Crippen molar-refractivity contribution in [3.63, 3.8) is 0 Å².